The molecule has 1 saturated heterocycles. The fraction of sp³-hybridized carbons (Fsp3) is 0.938. The summed E-state index contributed by atoms with van der Waals surface area (Å²) in [5.74, 6) is 0.728. The number of nitrogens with zero attached hydrogens (tertiary/aromatic N) is 1. The number of hydrogen-bond donors (Lipinski definition) is 0. The zero-order valence-electron chi connectivity index (χ0n) is 12.2. The summed E-state index contributed by atoms with van der Waals surface area (Å²) in [6, 6.07) is 0.668. The highest BCUT2D eigenvalue weighted by atomic mass is 16.1. The molecule has 3 atom stereocenters. The first kappa shape index (κ1) is 14.0. The lowest BCUT2D eigenvalue weighted by atomic mass is 9.70. The van der Waals surface area contributed by atoms with Crippen LogP contribution in [0.25, 0.3) is 0 Å². The average molecular weight is 251 g/mol. The van der Waals surface area contributed by atoms with Crippen LogP contribution in [-0.2, 0) is 4.79 Å². The maximum Gasteiger partial charge on any atom is 0.127 e. The summed E-state index contributed by atoms with van der Waals surface area (Å²) >= 11 is 0. The van der Waals surface area contributed by atoms with E-state index in [-0.39, 0.29) is 5.41 Å². The maximum atomic E-state index is 11.7. The molecule has 18 heavy (non-hydrogen) atoms. The van der Waals surface area contributed by atoms with Gasteiger partial charge >= 0.3 is 0 Å². The highest BCUT2D eigenvalue weighted by Gasteiger charge is 2.37. The zero-order chi connectivity index (χ0) is 13.0. The van der Waals surface area contributed by atoms with Crippen LogP contribution in [0, 0.1) is 11.3 Å². The monoisotopic (exact) mass is 251 g/mol. The van der Waals surface area contributed by atoms with Crippen LogP contribution in [-0.4, -0.2) is 30.3 Å². The average Bonchev–Trinajstić information content (AvgIpc) is 2.55. The van der Waals surface area contributed by atoms with Gasteiger partial charge in [0.2, 0.25) is 0 Å². The Bertz CT molecular complexity index is 278. The minimum atomic E-state index is -0.0315. The molecule has 3 unspecified atom stereocenters. The van der Waals surface area contributed by atoms with Gasteiger partial charge in [-0.2, -0.15) is 0 Å². The van der Waals surface area contributed by atoms with Gasteiger partial charge in [0.15, 0.2) is 0 Å². The van der Waals surface area contributed by atoms with Crippen molar-refractivity contribution in [2.45, 2.75) is 71.3 Å². The van der Waals surface area contributed by atoms with Crippen molar-refractivity contribution in [3.8, 4) is 0 Å². The number of carbonyl (C=O) groups is 1. The molecule has 0 amide bonds. The molecule has 2 aliphatic rings. The normalized spacial score (nSPS) is 39.2. The number of rotatable bonds is 3. The first-order valence-corrected chi connectivity index (χ1v) is 7.86. The van der Waals surface area contributed by atoms with Crippen molar-refractivity contribution < 1.29 is 4.79 Å². The van der Waals surface area contributed by atoms with Gasteiger partial charge in [-0.25, -0.2) is 0 Å². The molecule has 1 heterocycles. The quantitative estimate of drug-likeness (QED) is 0.714. The fourth-order valence-corrected chi connectivity index (χ4v) is 3.96. The van der Waals surface area contributed by atoms with Crippen molar-refractivity contribution >= 4 is 6.29 Å². The first-order valence-electron chi connectivity index (χ1n) is 7.86. The van der Waals surface area contributed by atoms with Crippen molar-refractivity contribution in [1.82, 2.24) is 4.90 Å². The van der Waals surface area contributed by atoms with Crippen molar-refractivity contribution in [2.24, 2.45) is 11.3 Å². The zero-order valence-corrected chi connectivity index (χ0v) is 12.2. The number of carbonyl (C=O) groups excluding carboxylic acids is 1. The highest BCUT2D eigenvalue weighted by molar-refractivity contribution is 5.60. The largest absolute Gasteiger partial charge is 0.303 e. The third kappa shape index (κ3) is 3.34. The van der Waals surface area contributed by atoms with E-state index in [1.165, 1.54) is 51.4 Å². The van der Waals surface area contributed by atoms with E-state index in [1.54, 1.807) is 0 Å². The summed E-state index contributed by atoms with van der Waals surface area (Å²) < 4.78 is 0. The van der Waals surface area contributed by atoms with Gasteiger partial charge in [-0.1, -0.05) is 32.6 Å². The molecule has 0 aromatic carbocycles. The van der Waals surface area contributed by atoms with Gasteiger partial charge in [0.1, 0.15) is 6.29 Å². The molecule has 2 nitrogen and oxygen atoms in total. The molecule has 1 aliphatic carbocycles. The van der Waals surface area contributed by atoms with Crippen molar-refractivity contribution in [3.05, 3.63) is 0 Å². The first-order chi connectivity index (χ1) is 8.65. The molecule has 2 rings (SSSR count). The second kappa shape index (κ2) is 6.18. The van der Waals surface area contributed by atoms with Gasteiger partial charge in [0, 0.05) is 18.0 Å². The van der Waals surface area contributed by atoms with Gasteiger partial charge in [-0.15, -0.1) is 0 Å². The van der Waals surface area contributed by atoms with Gasteiger partial charge in [0.05, 0.1) is 0 Å². The molecular weight excluding hydrogens is 222 g/mol. The van der Waals surface area contributed by atoms with Crippen LogP contribution >= 0.6 is 0 Å². The molecule has 1 saturated carbocycles. The highest BCUT2D eigenvalue weighted by Crippen LogP contribution is 2.39. The molecule has 104 valence electrons. The topological polar surface area (TPSA) is 20.3 Å². The molecule has 0 radical (unpaired) electrons. The Morgan fingerprint density at radius 2 is 2.00 bits per heavy atom. The molecule has 0 spiro atoms. The lowest BCUT2D eigenvalue weighted by molar-refractivity contribution is -0.120. The van der Waals surface area contributed by atoms with Gasteiger partial charge < -0.3 is 4.79 Å². The van der Waals surface area contributed by atoms with Crippen molar-refractivity contribution in [1.29, 1.82) is 0 Å². The summed E-state index contributed by atoms with van der Waals surface area (Å²) in [7, 11) is 0. The number of hydrogen-bond acceptors (Lipinski definition) is 2. The molecular formula is C16H29NO. The van der Waals surface area contributed by atoms with E-state index in [2.05, 4.69) is 18.7 Å². The van der Waals surface area contributed by atoms with Crippen LogP contribution in [0.1, 0.15) is 65.2 Å². The Hall–Kier alpha value is -0.370. The Morgan fingerprint density at radius 3 is 2.72 bits per heavy atom. The van der Waals surface area contributed by atoms with E-state index in [0.29, 0.717) is 6.04 Å². The fourth-order valence-electron chi connectivity index (χ4n) is 3.96. The third-order valence-electron chi connectivity index (χ3n) is 5.09. The third-order valence-corrected chi connectivity index (χ3v) is 5.09. The summed E-state index contributed by atoms with van der Waals surface area (Å²) in [6.45, 7) is 6.87. The summed E-state index contributed by atoms with van der Waals surface area (Å²) in [4.78, 5) is 14.3. The van der Waals surface area contributed by atoms with E-state index in [4.69, 9.17) is 0 Å². The van der Waals surface area contributed by atoms with E-state index in [0.717, 1.165) is 25.3 Å². The van der Waals surface area contributed by atoms with Gasteiger partial charge in [-0.05, 0) is 45.1 Å². The van der Waals surface area contributed by atoms with Crippen LogP contribution in [0.4, 0.5) is 0 Å². The molecule has 0 N–H and O–H groups in total. The van der Waals surface area contributed by atoms with E-state index < -0.39 is 0 Å². The second-order valence-electron chi connectivity index (χ2n) is 6.85. The Morgan fingerprint density at radius 1 is 1.17 bits per heavy atom. The summed E-state index contributed by atoms with van der Waals surface area (Å²) in [5, 5.41) is 0. The molecule has 0 aromatic heterocycles. The van der Waals surface area contributed by atoms with Crippen LogP contribution in [0.2, 0.25) is 0 Å². The standard InChI is InChI=1S/C16H29NO/c1-14-7-6-9-16(11-14,13-18)12-17-10-5-3-4-8-15(17)2/h13-15H,3-12H2,1-2H3. The second-order valence-corrected chi connectivity index (χ2v) is 6.85. The summed E-state index contributed by atoms with van der Waals surface area (Å²) in [5.41, 5.74) is -0.0315. The number of aldehydes is 1. The Kier molecular flexibility index (Phi) is 4.83. The van der Waals surface area contributed by atoms with E-state index in [9.17, 15) is 4.79 Å². The maximum absolute atomic E-state index is 11.7. The smallest absolute Gasteiger partial charge is 0.127 e. The molecule has 2 heteroatoms. The predicted octanol–water partition coefficient (Wildman–Crippen LogP) is 3.65. The van der Waals surface area contributed by atoms with Gasteiger partial charge in [0.25, 0.3) is 0 Å². The Balaban J connectivity index is 2.01. The molecule has 2 fully saturated rings. The van der Waals surface area contributed by atoms with E-state index in [1.807, 2.05) is 0 Å². The lowest BCUT2D eigenvalue weighted by Gasteiger charge is -2.41. The van der Waals surface area contributed by atoms with Gasteiger partial charge in [-0.3, -0.25) is 4.90 Å². The van der Waals surface area contributed by atoms with Crippen LogP contribution in [0.5, 0.6) is 0 Å². The molecule has 1 aliphatic heterocycles. The summed E-state index contributed by atoms with van der Waals surface area (Å²) in [6.07, 6.45) is 11.4. The minimum absolute atomic E-state index is 0.0315. The lowest BCUT2D eigenvalue weighted by Crippen LogP contribution is -2.45. The number of likely N-dealkylation sites (tertiary alicyclic amines) is 1. The molecule has 0 bridgehead atoms. The molecule has 0 aromatic rings. The van der Waals surface area contributed by atoms with Crippen molar-refractivity contribution in [3.63, 3.8) is 0 Å². The Labute approximate surface area is 112 Å². The van der Waals surface area contributed by atoms with Crippen LogP contribution in [0.15, 0.2) is 0 Å². The van der Waals surface area contributed by atoms with Crippen molar-refractivity contribution in [2.75, 3.05) is 13.1 Å². The van der Waals surface area contributed by atoms with Crippen LogP contribution < -0.4 is 0 Å². The van der Waals surface area contributed by atoms with E-state index >= 15 is 0 Å². The predicted molar refractivity (Wildman–Crippen MR) is 75.6 cm³/mol. The van der Waals surface area contributed by atoms with Crippen LogP contribution in [0.3, 0.4) is 0 Å². The SMILES string of the molecule is CC1CCCC(C=O)(CN2CCCCCC2C)C1. The minimum Gasteiger partial charge on any atom is -0.303 e.